The molecule has 1 aliphatic heterocycles. The van der Waals surface area contributed by atoms with Crippen molar-refractivity contribution in [2.75, 3.05) is 4.90 Å². The highest BCUT2D eigenvalue weighted by Gasteiger charge is 2.37. The van der Waals surface area contributed by atoms with E-state index in [4.69, 9.17) is 0 Å². The van der Waals surface area contributed by atoms with Crippen LogP contribution in [-0.2, 0) is 9.59 Å². The summed E-state index contributed by atoms with van der Waals surface area (Å²) in [5.41, 5.74) is 1.87. The molecule has 0 spiro atoms. The number of nitrogens with one attached hydrogen (secondary N) is 1. The maximum Gasteiger partial charge on any atom is 0.250 e. The number of aryl methyl sites for hydroxylation is 1. The number of amides is 2. The number of benzene rings is 1. The van der Waals surface area contributed by atoms with Gasteiger partial charge in [0.25, 0.3) is 0 Å². The van der Waals surface area contributed by atoms with Gasteiger partial charge in [0.15, 0.2) is 0 Å². The predicted molar refractivity (Wildman–Crippen MR) is 70.3 cm³/mol. The van der Waals surface area contributed by atoms with Crippen molar-refractivity contribution in [3.8, 4) is 0 Å². The number of hydrogen-bond acceptors (Lipinski definition) is 2. The molecule has 18 heavy (non-hydrogen) atoms. The van der Waals surface area contributed by atoms with E-state index in [9.17, 15) is 9.59 Å². The SMILES string of the molecule is CCC1NC(=O)C(C)N(c2cccc(C)c2)C1=O. The van der Waals surface area contributed by atoms with Crippen LogP contribution < -0.4 is 10.2 Å². The van der Waals surface area contributed by atoms with E-state index in [1.165, 1.54) is 0 Å². The molecule has 1 heterocycles. The second kappa shape index (κ2) is 4.80. The molecule has 4 nitrogen and oxygen atoms in total. The highest BCUT2D eigenvalue weighted by molar-refractivity contribution is 6.08. The molecule has 0 saturated carbocycles. The summed E-state index contributed by atoms with van der Waals surface area (Å²) in [6.07, 6.45) is 0.611. The minimum absolute atomic E-state index is 0.0322. The Morgan fingerprint density at radius 1 is 1.33 bits per heavy atom. The van der Waals surface area contributed by atoms with Gasteiger partial charge in [-0.15, -0.1) is 0 Å². The van der Waals surface area contributed by atoms with E-state index >= 15 is 0 Å². The molecule has 2 rings (SSSR count). The van der Waals surface area contributed by atoms with Gasteiger partial charge in [0.05, 0.1) is 0 Å². The standard InChI is InChI=1S/C14H18N2O2/c1-4-12-14(18)16(10(3)13(17)15-12)11-7-5-6-9(2)8-11/h5-8,10,12H,4H2,1-3H3,(H,15,17). The molecule has 0 bridgehead atoms. The fourth-order valence-corrected chi connectivity index (χ4v) is 2.24. The van der Waals surface area contributed by atoms with Gasteiger partial charge in [-0.05, 0) is 38.0 Å². The molecule has 1 N–H and O–H groups in total. The smallest absolute Gasteiger partial charge is 0.250 e. The Hall–Kier alpha value is -1.84. The van der Waals surface area contributed by atoms with Crippen molar-refractivity contribution in [1.29, 1.82) is 0 Å². The Labute approximate surface area is 107 Å². The fourth-order valence-electron chi connectivity index (χ4n) is 2.24. The lowest BCUT2D eigenvalue weighted by atomic mass is 10.0. The second-order valence-electron chi connectivity index (χ2n) is 4.69. The number of nitrogens with zero attached hydrogens (tertiary/aromatic N) is 1. The first-order chi connectivity index (χ1) is 8.54. The van der Waals surface area contributed by atoms with Crippen molar-refractivity contribution in [3.05, 3.63) is 29.8 Å². The molecule has 2 unspecified atom stereocenters. The highest BCUT2D eigenvalue weighted by atomic mass is 16.2. The van der Waals surface area contributed by atoms with Crippen LogP contribution in [0.25, 0.3) is 0 Å². The summed E-state index contributed by atoms with van der Waals surface area (Å²) in [5.74, 6) is -0.127. The summed E-state index contributed by atoms with van der Waals surface area (Å²) in [6.45, 7) is 5.62. The molecule has 2 amide bonds. The molecule has 4 heteroatoms. The van der Waals surface area contributed by atoms with Crippen LogP contribution in [-0.4, -0.2) is 23.9 Å². The summed E-state index contributed by atoms with van der Waals surface area (Å²) >= 11 is 0. The Kier molecular flexibility index (Phi) is 3.36. The van der Waals surface area contributed by atoms with E-state index in [0.29, 0.717) is 6.42 Å². The van der Waals surface area contributed by atoms with Gasteiger partial charge in [-0.25, -0.2) is 0 Å². The van der Waals surface area contributed by atoms with E-state index in [1.807, 2.05) is 38.1 Å². The van der Waals surface area contributed by atoms with E-state index in [1.54, 1.807) is 11.8 Å². The Balaban J connectivity index is 2.39. The summed E-state index contributed by atoms with van der Waals surface area (Å²) in [4.78, 5) is 25.8. The van der Waals surface area contributed by atoms with Crippen molar-refractivity contribution in [1.82, 2.24) is 5.32 Å². The molecule has 1 aromatic carbocycles. The molecule has 1 fully saturated rings. The zero-order valence-corrected chi connectivity index (χ0v) is 10.9. The molecule has 0 radical (unpaired) electrons. The predicted octanol–water partition coefficient (Wildman–Crippen LogP) is 1.62. The second-order valence-corrected chi connectivity index (χ2v) is 4.69. The monoisotopic (exact) mass is 246 g/mol. The van der Waals surface area contributed by atoms with Crippen molar-refractivity contribution in [2.45, 2.75) is 39.3 Å². The van der Waals surface area contributed by atoms with Crippen molar-refractivity contribution >= 4 is 17.5 Å². The van der Waals surface area contributed by atoms with Crippen LogP contribution in [0.3, 0.4) is 0 Å². The Morgan fingerprint density at radius 2 is 2.06 bits per heavy atom. The summed E-state index contributed by atoms with van der Waals surface area (Å²) in [5, 5.41) is 2.75. The number of piperazine rings is 1. The first-order valence-corrected chi connectivity index (χ1v) is 6.24. The largest absolute Gasteiger partial charge is 0.343 e. The maximum absolute atomic E-state index is 12.3. The quantitative estimate of drug-likeness (QED) is 0.862. The molecule has 96 valence electrons. The van der Waals surface area contributed by atoms with Crippen LogP contribution in [0.4, 0.5) is 5.69 Å². The van der Waals surface area contributed by atoms with Crippen molar-refractivity contribution in [3.63, 3.8) is 0 Å². The van der Waals surface area contributed by atoms with Gasteiger partial charge in [-0.2, -0.15) is 0 Å². The Bertz CT molecular complexity index is 484. The maximum atomic E-state index is 12.3. The van der Waals surface area contributed by atoms with Crippen LogP contribution in [0.5, 0.6) is 0 Å². The molecule has 0 aromatic heterocycles. The minimum Gasteiger partial charge on any atom is -0.343 e. The lowest BCUT2D eigenvalue weighted by Gasteiger charge is -2.37. The van der Waals surface area contributed by atoms with Gasteiger partial charge in [-0.3, -0.25) is 14.5 Å². The lowest BCUT2D eigenvalue weighted by molar-refractivity contribution is -0.133. The number of carbonyl (C=O) groups excluding carboxylic acids is 2. The number of rotatable bonds is 2. The van der Waals surface area contributed by atoms with Crippen LogP contribution in [0.15, 0.2) is 24.3 Å². The number of hydrogen-bond donors (Lipinski definition) is 1. The van der Waals surface area contributed by atoms with Crippen LogP contribution >= 0.6 is 0 Å². The molecular weight excluding hydrogens is 228 g/mol. The minimum atomic E-state index is -0.456. The average molecular weight is 246 g/mol. The van der Waals surface area contributed by atoms with Crippen LogP contribution in [0.1, 0.15) is 25.8 Å². The van der Waals surface area contributed by atoms with Gasteiger partial charge in [-0.1, -0.05) is 19.1 Å². The van der Waals surface area contributed by atoms with Gasteiger partial charge in [0.1, 0.15) is 12.1 Å². The van der Waals surface area contributed by atoms with Crippen LogP contribution in [0, 0.1) is 6.92 Å². The van der Waals surface area contributed by atoms with E-state index in [2.05, 4.69) is 5.32 Å². The molecule has 2 atom stereocenters. The van der Waals surface area contributed by atoms with Crippen molar-refractivity contribution < 1.29 is 9.59 Å². The molecule has 1 aliphatic rings. The van der Waals surface area contributed by atoms with Gasteiger partial charge in [0.2, 0.25) is 11.8 Å². The summed E-state index contributed by atoms with van der Waals surface area (Å²) in [7, 11) is 0. The van der Waals surface area contributed by atoms with Gasteiger partial charge < -0.3 is 5.32 Å². The molecule has 1 aromatic rings. The van der Waals surface area contributed by atoms with E-state index < -0.39 is 12.1 Å². The summed E-state index contributed by atoms with van der Waals surface area (Å²) < 4.78 is 0. The fraction of sp³-hybridized carbons (Fsp3) is 0.429. The first-order valence-electron chi connectivity index (χ1n) is 6.24. The molecule has 1 saturated heterocycles. The zero-order chi connectivity index (χ0) is 13.3. The third-order valence-electron chi connectivity index (χ3n) is 3.31. The van der Waals surface area contributed by atoms with Crippen LogP contribution in [0.2, 0.25) is 0 Å². The number of carbonyl (C=O) groups is 2. The first kappa shape index (κ1) is 12.6. The normalized spacial score (nSPS) is 24.1. The highest BCUT2D eigenvalue weighted by Crippen LogP contribution is 2.23. The van der Waals surface area contributed by atoms with Gasteiger partial charge >= 0.3 is 0 Å². The van der Waals surface area contributed by atoms with E-state index in [0.717, 1.165) is 11.3 Å². The molecule has 0 aliphatic carbocycles. The Morgan fingerprint density at radius 3 is 2.67 bits per heavy atom. The summed E-state index contributed by atoms with van der Waals surface area (Å²) in [6, 6.07) is 6.81. The lowest BCUT2D eigenvalue weighted by Crippen LogP contribution is -2.62. The van der Waals surface area contributed by atoms with Crippen molar-refractivity contribution in [2.24, 2.45) is 0 Å². The third kappa shape index (κ3) is 2.10. The molecular formula is C14H18N2O2. The van der Waals surface area contributed by atoms with Gasteiger partial charge in [0, 0.05) is 5.69 Å². The topological polar surface area (TPSA) is 49.4 Å². The zero-order valence-electron chi connectivity index (χ0n) is 10.9. The van der Waals surface area contributed by atoms with E-state index in [-0.39, 0.29) is 11.8 Å². The number of anilines is 1. The average Bonchev–Trinajstić information content (AvgIpc) is 2.34. The third-order valence-corrected chi connectivity index (χ3v) is 3.31.